The highest BCUT2D eigenvalue weighted by Gasteiger charge is 2.50. The molecular formula is C20H24ClN3O3S. The summed E-state index contributed by atoms with van der Waals surface area (Å²) in [7, 11) is -4.02. The molecule has 3 rings (SSSR count). The molecule has 0 saturated carbocycles. The maximum Gasteiger partial charge on any atom is 0.256 e. The molecule has 2 aromatic rings. The van der Waals surface area contributed by atoms with Crippen LogP contribution in [0.1, 0.15) is 48.2 Å². The number of nitrogens with one attached hydrogen (secondary N) is 1. The van der Waals surface area contributed by atoms with E-state index in [4.69, 9.17) is 16.7 Å². The Morgan fingerprint density at radius 1 is 1.18 bits per heavy atom. The third kappa shape index (κ3) is 3.33. The highest BCUT2D eigenvalue weighted by molar-refractivity contribution is 7.89. The van der Waals surface area contributed by atoms with E-state index in [9.17, 15) is 13.2 Å². The molecule has 0 spiro atoms. The van der Waals surface area contributed by atoms with Crippen molar-refractivity contribution in [2.45, 2.75) is 37.2 Å². The van der Waals surface area contributed by atoms with Crippen molar-refractivity contribution in [2.75, 3.05) is 13.1 Å². The summed E-state index contributed by atoms with van der Waals surface area (Å²) in [5.74, 6) is -0.103. The van der Waals surface area contributed by atoms with E-state index in [1.165, 1.54) is 12.1 Å². The first-order chi connectivity index (χ1) is 13.3. The lowest BCUT2D eigenvalue weighted by Crippen LogP contribution is -2.55. The standard InChI is InChI=1S/C20H24ClN3O3S/c1-3-5-12-23-20(14-10-11-17(21)18(13-14)28(22,26)27)16-9-7-6-8-15(16)19(25)24(20)4-2/h6-11,13,23H,3-5,12H2,1-2H3,(H2,22,26,27). The Kier molecular flexibility index (Phi) is 5.82. The number of rotatable bonds is 7. The van der Waals surface area contributed by atoms with Gasteiger partial charge in [-0.2, -0.15) is 0 Å². The summed E-state index contributed by atoms with van der Waals surface area (Å²) in [5.41, 5.74) is 1.01. The predicted molar refractivity (Wildman–Crippen MR) is 110 cm³/mol. The van der Waals surface area contributed by atoms with Crippen LogP contribution >= 0.6 is 11.6 Å². The van der Waals surface area contributed by atoms with Gasteiger partial charge in [0.25, 0.3) is 5.91 Å². The summed E-state index contributed by atoms with van der Waals surface area (Å²) in [4.78, 5) is 14.7. The van der Waals surface area contributed by atoms with Gasteiger partial charge in [-0.15, -0.1) is 0 Å². The van der Waals surface area contributed by atoms with Crippen LogP contribution in [-0.4, -0.2) is 32.3 Å². The van der Waals surface area contributed by atoms with Gasteiger partial charge in [0.15, 0.2) is 0 Å². The molecule has 2 aromatic carbocycles. The number of primary sulfonamides is 1. The number of halogens is 1. The van der Waals surface area contributed by atoms with Gasteiger partial charge in [0, 0.05) is 17.7 Å². The zero-order valence-electron chi connectivity index (χ0n) is 15.9. The van der Waals surface area contributed by atoms with Crippen LogP contribution in [0, 0.1) is 0 Å². The number of carbonyl (C=O) groups is 1. The fraction of sp³-hybridized carbons (Fsp3) is 0.350. The molecule has 8 heteroatoms. The van der Waals surface area contributed by atoms with Gasteiger partial charge in [-0.05, 0) is 43.7 Å². The Morgan fingerprint density at radius 2 is 1.89 bits per heavy atom. The topological polar surface area (TPSA) is 92.5 Å². The number of benzene rings is 2. The molecule has 6 nitrogen and oxygen atoms in total. The lowest BCUT2D eigenvalue weighted by atomic mass is 9.90. The summed E-state index contributed by atoms with van der Waals surface area (Å²) < 4.78 is 24.1. The molecule has 0 radical (unpaired) electrons. The normalized spacial score (nSPS) is 19.1. The van der Waals surface area contributed by atoms with Crippen LogP contribution in [0.25, 0.3) is 0 Å². The number of nitrogens with zero attached hydrogens (tertiary/aromatic N) is 1. The number of fused-ring (bicyclic) bond motifs is 1. The predicted octanol–water partition coefficient (Wildman–Crippen LogP) is 3.05. The van der Waals surface area contributed by atoms with Gasteiger partial charge in [0.1, 0.15) is 10.6 Å². The van der Waals surface area contributed by atoms with Crippen LogP contribution in [0.2, 0.25) is 5.02 Å². The Morgan fingerprint density at radius 3 is 2.54 bits per heavy atom. The average molecular weight is 422 g/mol. The quantitative estimate of drug-likeness (QED) is 0.672. The molecule has 0 fully saturated rings. The third-order valence-corrected chi connectivity index (χ3v) is 6.47. The van der Waals surface area contributed by atoms with Crippen molar-refractivity contribution in [3.8, 4) is 0 Å². The van der Waals surface area contributed by atoms with Crippen molar-refractivity contribution >= 4 is 27.5 Å². The minimum Gasteiger partial charge on any atom is -0.312 e. The monoisotopic (exact) mass is 421 g/mol. The number of hydrogen-bond acceptors (Lipinski definition) is 4. The number of unbranched alkanes of at least 4 members (excludes halogenated alkanes) is 1. The molecule has 150 valence electrons. The fourth-order valence-electron chi connectivity index (χ4n) is 3.81. The lowest BCUT2D eigenvalue weighted by molar-refractivity contribution is 0.0571. The highest BCUT2D eigenvalue weighted by atomic mass is 35.5. The van der Waals surface area contributed by atoms with Crippen LogP contribution in [0.5, 0.6) is 0 Å². The largest absolute Gasteiger partial charge is 0.312 e. The van der Waals surface area contributed by atoms with E-state index in [0.29, 0.717) is 24.2 Å². The van der Waals surface area contributed by atoms with Gasteiger partial charge in [0.05, 0.1) is 5.02 Å². The van der Waals surface area contributed by atoms with Crippen molar-refractivity contribution in [3.63, 3.8) is 0 Å². The first-order valence-corrected chi connectivity index (χ1v) is 11.2. The molecule has 1 heterocycles. The van der Waals surface area contributed by atoms with Crippen molar-refractivity contribution < 1.29 is 13.2 Å². The second-order valence-electron chi connectivity index (χ2n) is 6.78. The van der Waals surface area contributed by atoms with Gasteiger partial charge < -0.3 is 4.90 Å². The SMILES string of the molecule is CCCCNC1(c2ccc(Cl)c(S(N)(=O)=O)c2)c2ccccc2C(=O)N1CC. The molecule has 0 aromatic heterocycles. The summed E-state index contributed by atoms with van der Waals surface area (Å²) >= 11 is 6.10. The van der Waals surface area contributed by atoms with E-state index >= 15 is 0 Å². The van der Waals surface area contributed by atoms with Crippen LogP contribution < -0.4 is 10.5 Å². The zero-order valence-corrected chi connectivity index (χ0v) is 17.5. The molecule has 3 N–H and O–H groups in total. The van der Waals surface area contributed by atoms with Gasteiger partial charge in [0.2, 0.25) is 10.0 Å². The van der Waals surface area contributed by atoms with E-state index in [0.717, 1.165) is 18.4 Å². The van der Waals surface area contributed by atoms with Gasteiger partial charge in [-0.25, -0.2) is 13.6 Å². The molecule has 0 aliphatic carbocycles. The van der Waals surface area contributed by atoms with Crippen molar-refractivity contribution in [3.05, 3.63) is 64.2 Å². The number of carbonyl (C=O) groups excluding carboxylic acids is 1. The molecule has 0 bridgehead atoms. The van der Waals surface area contributed by atoms with Crippen LogP contribution in [0.3, 0.4) is 0 Å². The van der Waals surface area contributed by atoms with Gasteiger partial charge in [-0.3, -0.25) is 10.1 Å². The molecule has 1 atom stereocenters. The maximum absolute atomic E-state index is 13.1. The molecule has 1 aliphatic rings. The number of amides is 1. The molecule has 1 unspecified atom stereocenters. The third-order valence-electron chi connectivity index (χ3n) is 5.08. The Labute approximate surface area is 170 Å². The van der Waals surface area contributed by atoms with Crippen LogP contribution in [0.4, 0.5) is 0 Å². The van der Waals surface area contributed by atoms with E-state index in [1.807, 2.05) is 25.1 Å². The first kappa shape index (κ1) is 20.8. The Bertz CT molecular complexity index is 1010. The minimum atomic E-state index is -4.02. The molecule has 1 amide bonds. The number of nitrogens with two attached hydrogens (primary N) is 1. The summed E-state index contributed by atoms with van der Waals surface area (Å²) in [6, 6.07) is 12.1. The summed E-state index contributed by atoms with van der Waals surface area (Å²) in [6.45, 7) is 5.08. The van der Waals surface area contributed by atoms with Gasteiger partial charge in [-0.1, -0.05) is 49.2 Å². The smallest absolute Gasteiger partial charge is 0.256 e. The van der Waals surface area contributed by atoms with Gasteiger partial charge >= 0.3 is 0 Å². The highest BCUT2D eigenvalue weighted by Crippen LogP contribution is 2.43. The average Bonchev–Trinajstić information content (AvgIpc) is 2.90. The lowest BCUT2D eigenvalue weighted by Gasteiger charge is -2.40. The summed E-state index contributed by atoms with van der Waals surface area (Å²) in [5, 5.41) is 8.94. The first-order valence-electron chi connectivity index (χ1n) is 9.26. The van der Waals surface area contributed by atoms with Crippen molar-refractivity contribution in [2.24, 2.45) is 5.14 Å². The van der Waals surface area contributed by atoms with E-state index < -0.39 is 15.7 Å². The minimum absolute atomic E-state index is 0.0515. The second kappa shape index (κ2) is 7.83. The maximum atomic E-state index is 13.1. The van der Waals surface area contributed by atoms with E-state index in [-0.39, 0.29) is 15.8 Å². The van der Waals surface area contributed by atoms with E-state index in [1.54, 1.807) is 17.0 Å². The Balaban J connectivity index is 2.30. The summed E-state index contributed by atoms with van der Waals surface area (Å²) in [6.07, 6.45) is 1.89. The fourth-order valence-corrected chi connectivity index (χ4v) is 4.88. The van der Waals surface area contributed by atoms with Crippen molar-refractivity contribution in [1.29, 1.82) is 0 Å². The molecular weight excluding hydrogens is 398 g/mol. The molecule has 1 aliphatic heterocycles. The number of hydrogen-bond donors (Lipinski definition) is 2. The number of sulfonamides is 1. The molecule has 0 saturated heterocycles. The zero-order chi connectivity index (χ0) is 20.5. The van der Waals surface area contributed by atoms with Crippen molar-refractivity contribution in [1.82, 2.24) is 10.2 Å². The van der Waals surface area contributed by atoms with Crippen LogP contribution in [0.15, 0.2) is 47.4 Å². The van der Waals surface area contributed by atoms with E-state index in [2.05, 4.69) is 12.2 Å². The van der Waals surface area contributed by atoms with Crippen LogP contribution in [-0.2, 0) is 15.7 Å². The Hall–Kier alpha value is -1.93. The molecule has 28 heavy (non-hydrogen) atoms. The second-order valence-corrected chi connectivity index (χ2v) is 8.71.